The van der Waals surface area contributed by atoms with Crippen molar-refractivity contribution in [3.05, 3.63) is 34.1 Å². The van der Waals surface area contributed by atoms with Crippen LogP contribution >= 0.6 is 0 Å². The van der Waals surface area contributed by atoms with Gasteiger partial charge in [-0.25, -0.2) is 4.39 Å². The Hall–Kier alpha value is -2.23. The van der Waals surface area contributed by atoms with Gasteiger partial charge in [0.05, 0.1) is 23.7 Å². The summed E-state index contributed by atoms with van der Waals surface area (Å²) < 4.78 is 48.7. The molecule has 0 fully saturated rings. The molecule has 0 aliphatic carbocycles. The van der Waals surface area contributed by atoms with Crippen molar-refractivity contribution in [2.24, 2.45) is 0 Å². The molecule has 2 N–H and O–H groups in total. The third kappa shape index (κ3) is 5.18. The van der Waals surface area contributed by atoms with Crippen LogP contribution in [-0.4, -0.2) is 30.1 Å². The maximum Gasteiger partial charge on any atom is 0.401 e. The predicted molar refractivity (Wildman–Crippen MR) is 60.6 cm³/mol. The second-order valence-electron chi connectivity index (χ2n) is 3.69. The van der Waals surface area contributed by atoms with Crippen LogP contribution in [0.25, 0.3) is 0 Å². The van der Waals surface area contributed by atoms with E-state index in [1.165, 1.54) is 0 Å². The number of carbonyl (C=O) groups excluding carboxylic acids is 1. The summed E-state index contributed by atoms with van der Waals surface area (Å²) in [7, 11) is 0. The van der Waals surface area contributed by atoms with E-state index in [4.69, 9.17) is 0 Å². The molecule has 0 radical (unpaired) electrons. The Labute approximate surface area is 109 Å². The van der Waals surface area contributed by atoms with Crippen molar-refractivity contribution in [2.75, 3.05) is 18.4 Å². The summed E-state index contributed by atoms with van der Waals surface area (Å²) in [6, 6.07) is 2.45. The molecule has 6 nitrogen and oxygen atoms in total. The molecule has 0 heterocycles. The number of halogens is 4. The number of nitro benzene ring substituents is 1. The normalized spacial score (nSPS) is 11.2. The zero-order valence-electron chi connectivity index (χ0n) is 9.83. The summed E-state index contributed by atoms with van der Waals surface area (Å²) >= 11 is 0. The monoisotopic (exact) mass is 295 g/mol. The first-order valence-electron chi connectivity index (χ1n) is 5.20. The molecule has 1 rings (SSSR count). The van der Waals surface area contributed by atoms with Crippen LogP contribution in [0.1, 0.15) is 0 Å². The van der Waals surface area contributed by atoms with Crippen molar-refractivity contribution in [3.8, 4) is 0 Å². The Morgan fingerprint density at radius 3 is 2.55 bits per heavy atom. The van der Waals surface area contributed by atoms with Gasteiger partial charge in [0, 0.05) is 12.1 Å². The first kappa shape index (κ1) is 15.8. The largest absolute Gasteiger partial charge is 0.401 e. The molecule has 0 atom stereocenters. The smallest absolute Gasteiger partial charge is 0.322 e. The number of anilines is 1. The first-order valence-corrected chi connectivity index (χ1v) is 5.20. The number of nitro groups is 1. The minimum absolute atomic E-state index is 0.454. The number of alkyl halides is 3. The fourth-order valence-corrected chi connectivity index (χ4v) is 1.23. The molecule has 20 heavy (non-hydrogen) atoms. The standard InChI is InChI=1S/C10H9F4N3O3/c11-7-2-1-6(17(19)20)3-8(7)16-9(18)4-15-5-10(12,13)14/h1-3,15H,4-5H2,(H,16,18). The van der Waals surface area contributed by atoms with E-state index >= 15 is 0 Å². The first-order chi connectivity index (χ1) is 9.19. The summed E-state index contributed by atoms with van der Waals surface area (Å²) in [6.45, 7) is -2.08. The number of rotatable bonds is 5. The highest BCUT2D eigenvalue weighted by molar-refractivity contribution is 5.92. The maximum atomic E-state index is 13.3. The lowest BCUT2D eigenvalue weighted by Crippen LogP contribution is -2.35. The van der Waals surface area contributed by atoms with Gasteiger partial charge in [0.2, 0.25) is 5.91 Å². The van der Waals surface area contributed by atoms with Crippen LogP contribution in [0, 0.1) is 15.9 Å². The Morgan fingerprint density at radius 1 is 1.35 bits per heavy atom. The minimum Gasteiger partial charge on any atom is -0.322 e. The van der Waals surface area contributed by atoms with E-state index in [1.807, 2.05) is 10.6 Å². The number of amides is 1. The summed E-state index contributed by atoms with van der Waals surface area (Å²) in [5.41, 5.74) is -0.928. The number of hydrogen-bond donors (Lipinski definition) is 2. The van der Waals surface area contributed by atoms with E-state index in [1.54, 1.807) is 0 Å². The topological polar surface area (TPSA) is 84.3 Å². The van der Waals surface area contributed by atoms with Gasteiger partial charge in [0.1, 0.15) is 5.82 Å². The lowest BCUT2D eigenvalue weighted by molar-refractivity contribution is -0.384. The van der Waals surface area contributed by atoms with E-state index in [-0.39, 0.29) is 0 Å². The second-order valence-corrected chi connectivity index (χ2v) is 3.69. The third-order valence-corrected chi connectivity index (χ3v) is 2.05. The summed E-state index contributed by atoms with van der Waals surface area (Å²) in [5.74, 6) is -1.88. The van der Waals surface area contributed by atoms with Gasteiger partial charge in [-0.1, -0.05) is 0 Å². The van der Waals surface area contributed by atoms with E-state index < -0.39 is 47.3 Å². The van der Waals surface area contributed by atoms with E-state index in [9.17, 15) is 32.5 Å². The van der Waals surface area contributed by atoms with Crippen LogP contribution in [0.15, 0.2) is 18.2 Å². The van der Waals surface area contributed by atoms with Crippen LogP contribution in [-0.2, 0) is 4.79 Å². The Bertz CT molecular complexity index is 519. The zero-order valence-corrected chi connectivity index (χ0v) is 9.83. The SMILES string of the molecule is O=C(CNCC(F)(F)F)Nc1cc([N+](=O)[O-])ccc1F. The molecule has 0 aromatic heterocycles. The highest BCUT2D eigenvalue weighted by Gasteiger charge is 2.26. The molecule has 0 saturated heterocycles. The predicted octanol–water partition coefficient (Wildman–Crippen LogP) is 1.82. The summed E-state index contributed by atoms with van der Waals surface area (Å²) in [5, 5.41) is 14.2. The Balaban J connectivity index is 2.62. The highest BCUT2D eigenvalue weighted by Crippen LogP contribution is 2.21. The van der Waals surface area contributed by atoms with Crippen molar-refractivity contribution in [2.45, 2.75) is 6.18 Å². The maximum absolute atomic E-state index is 13.3. The molecule has 110 valence electrons. The van der Waals surface area contributed by atoms with E-state index in [0.717, 1.165) is 18.2 Å². The Morgan fingerprint density at radius 2 is 2.00 bits per heavy atom. The molecule has 0 aliphatic heterocycles. The fourth-order valence-electron chi connectivity index (χ4n) is 1.23. The summed E-state index contributed by atoms with van der Waals surface area (Å²) in [6.07, 6.45) is -4.48. The van der Waals surface area contributed by atoms with Crippen molar-refractivity contribution in [1.82, 2.24) is 5.32 Å². The molecule has 1 aromatic carbocycles. The lowest BCUT2D eigenvalue weighted by Gasteiger charge is -2.09. The van der Waals surface area contributed by atoms with Crippen molar-refractivity contribution in [1.29, 1.82) is 0 Å². The fraction of sp³-hybridized carbons (Fsp3) is 0.300. The van der Waals surface area contributed by atoms with Crippen molar-refractivity contribution < 1.29 is 27.3 Å². The quantitative estimate of drug-likeness (QED) is 0.493. The molecular formula is C10H9F4N3O3. The van der Waals surface area contributed by atoms with Gasteiger partial charge in [-0.05, 0) is 6.07 Å². The van der Waals surface area contributed by atoms with Gasteiger partial charge in [0.15, 0.2) is 0 Å². The molecule has 0 saturated carbocycles. The highest BCUT2D eigenvalue weighted by atomic mass is 19.4. The molecule has 0 bridgehead atoms. The van der Waals surface area contributed by atoms with E-state index in [0.29, 0.717) is 0 Å². The van der Waals surface area contributed by atoms with Crippen LogP contribution in [0.3, 0.4) is 0 Å². The average molecular weight is 295 g/mol. The molecular weight excluding hydrogens is 286 g/mol. The van der Waals surface area contributed by atoms with Crippen LogP contribution in [0.4, 0.5) is 28.9 Å². The summed E-state index contributed by atoms with van der Waals surface area (Å²) in [4.78, 5) is 20.9. The van der Waals surface area contributed by atoms with Gasteiger partial charge < -0.3 is 10.6 Å². The lowest BCUT2D eigenvalue weighted by atomic mass is 10.2. The Kier molecular flexibility index (Phi) is 4.97. The molecule has 0 spiro atoms. The van der Waals surface area contributed by atoms with Gasteiger partial charge in [-0.3, -0.25) is 14.9 Å². The number of nitrogens with zero attached hydrogens (tertiary/aromatic N) is 1. The van der Waals surface area contributed by atoms with Crippen molar-refractivity contribution >= 4 is 17.3 Å². The average Bonchev–Trinajstić information content (AvgIpc) is 2.30. The van der Waals surface area contributed by atoms with Gasteiger partial charge in [-0.15, -0.1) is 0 Å². The van der Waals surface area contributed by atoms with Crippen LogP contribution in [0.5, 0.6) is 0 Å². The minimum atomic E-state index is -4.48. The molecule has 1 amide bonds. The van der Waals surface area contributed by atoms with Crippen LogP contribution in [0.2, 0.25) is 0 Å². The molecule has 0 unspecified atom stereocenters. The van der Waals surface area contributed by atoms with Gasteiger partial charge in [0.25, 0.3) is 5.69 Å². The van der Waals surface area contributed by atoms with E-state index in [2.05, 4.69) is 0 Å². The van der Waals surface area contributed by atoms with Gasteiger partial charge in [-0.2, -0.15) is 13.2 Å². The zero-order chi connectivity index (χ0) is 15.3. The molecule has 0 aliphatic rings. The molecule has 10 heteroatoms. The second kappa shape index (κ2) is 6.28. The number of hydrogen-bond acceptors (Lipinski definition) is 4. The number of carbonyl (C=O) groups is 1. The van der Waals surface area contributed by atoms with Crippen molar-refractivity contribution in [3.63, 3.8) is 0 Å². The van der Waals surface area contributed by atoms with Crippen LogP contribution < -0.4 is 10.6 Å². The number of benzene rings is 1. The number of non-ortho nitro benzene ring substituents is 1. The molecule has 1 aromatic rings. The van der Waals surface area contributed by atoms with Gasteiger partial charge >= 0.3 is 6.18 Å². The number of nitrogens with one attached hydrogen (secondary N) is 2. The third-order valence-electron chi connectivity index (χ3n) is 2.05.